The smallest absolute Gasteiger partial charge is 0.191 e. The zero-order valence-electron chi connectivity index (χ0n) is 18.3. The summed E-state index contributed by atoms with van der Waals surface area (Å²) in [7, 11) is 2.18. The normalized spacial score (nSPS) is 16.1. The number of aromatic nitrogens is 1. The summed E-state index contributed by atoms with van der Waals surface area (Å²) < 4.78 is 0. The molecule has 0 amide bonds. The van der Waals surface area contributed by atoms with E-state index in [1.807, 2.05) is 23.6 Å². The molecule has 1 aliphatic heterocycles. The first-order valence-electron chi connectivity index (χ1n) is 10.6. The molecule has 2 N–H and O–H groups in total. The highest BCUT2D eigenvalue weighted by Crippen LogP contribution is 2.19. The van der Waals surface area contributed by atoms with E-state index in [0.717, 1.165) is 57.5 Å². The fourth-order valence-electron chi connectivity index (χ4n) is 3.48. The van der Waals surface area contributed by atoms with E-state index in [-0.39, 0.29) is 24.0 Å². The van der Waals surface area contributed by atoms with Crippen LogP contribution in [-0.4, -0.2) is 62.2 Å². The highest BCUT2D eigenvalue weighted by Gasteiger charge is 2.17. The maximum atomic E-state index is 4.84. The average molecular weight is 543 g/mol. The standard InChI is InChI=1S/C22H34N6S.HI/c1-4-23-22(25-16-18(2)15-20-8-6-14-29-20)26-17-19-7-5-9-24-21(19)28-12-10-27(3)11-13-28;/h5-9,14,18H,4,10-13,15-17H2,1-3H3,(H2,23,25,26);1H. The van der Waals surface area contributed by atoms with Gasteiger partial charge in [-0.1, -0.05) is 19.1 Å². The summed E-state index contributed by atoms with van der Waals surface area (Å²) >= 11 is 1.83. The Morgan fingerprint density at radius 2 is 2.00 bits per heavy atom. The number of thiophene rings is 1. The van der Waals surface area contributed by atoms with Gasteiger partial charge in [0.15, 0.2) is 5.96 Å². The Bertz CT molecular complexity index is 759. The van der Waals surface area contributed by atoms with Gasteiger partial charge in [-0.15, -0.1) is 35.3 Å². The second-order valence-corrected chi connectivity index (χ2v) is 8.77. The topological polar surface area (TPSA) is 55.8 Å². The number of aliphatic imine (C=N–C) groups is 1. The van der Waals surface area contributed by atoms with Crippen molar-refractivity contribution in [3.63, 3.8) is 0 Å². The second-order valence-electron chi connectivity index (χ2n) is 7.74. The SMILES string of the molecule is CCNC(=NCc1cccnc1N1CCN(C)CC1)NCC(C)Cc1cccs1.I. The van der Waals surface area contributed by atoms with Gasteiger partial charge in [-0.3, -0.25) is 0 Å². The number of likely N-dealkylation sites (N-methyl/N-ethyl adjacent to an activating group) is 1. The molecule has 0 radical (unpaired) electrons. The Balaban J connectivity index is 0.00000320. The maximum Gasteiger partial charge on any atom is 0.191 e. The minimum absolute atomic E-state index is 0. The van der Waals surface area contributed by atoms with E-state index in [4.69, 9.17) is 4.99 Å². The van der Waals surface area contributed by atoms with E-state index in [1.165, 1.54) is 10.4 Å². The van der Waals surface area contributed by atoms with E-state index in [2.05, 4.69) is 69.9 Å². The van der Waals surface area contributed by atoms with Crippen molar-refractivity contribution in [1.29, 1.82) is 0 Å². The van der Waals surface area contributed by atoms with Crippen LogP contribution in [0, 0.1) is 5.92 Å². The van der Waals surface area contributed by atoms with Gasteiger partial charge in [0, 0.05) is 55.9 Å². The molecule has 1 aliphatic rings. The first-order chi connectivity index (χ1) is 14.2. The highest BCUT2D eigenvalue weighted by atomic mass is 127. The molecule has 0 aromatic carbocycles. The minimum Gasteiger partial charge on any atom is -0.357 e. The number of halogens is 1. The van der Waals surface area contributed by atoms with Crippen LogP contribution in [0.3, 0.4) is 0 Å². The van der Waals surface area contributed by atoms with Crippen LogP contribution >= 0.6 is 35.3 Å². The molecule has 0 saturated carbocycles. The number of nitrogens with zero attached hydrogens (tertiary/aromatic N) is 4. The van der Waals surface area contributed by atoms with Gasteiger partial charge in [-0.2, -0.15) is 0 Å². The van der Waals surface area contributed by atoms with Crippen LogP contribution in [0.4, 0.5) is 5.82 Å². The van der Waals surface area contributed by atoms with Gasteiger partial charge in [0.25, 0.3) is 0 Å². The van der Waals surface area contributed by atoms with E-state index < -0.39 is 0 Å². The Hall–Kier alpha value is -1.39. The summed E-state index contributed by atoms with van der Waals surface area (Å²) in [6.07, 6.45) is 2.98. The number of anilines is 1. The van der Waals surface area contributed by atoms with Gasteiger partial charge < -0.3 is 20.4 Å². The number of hydrogen-bond acceptors (Lipinski definition) is 5. The van der Waals surface area contributed by atoms with E-state index in [1.54, 1.807) is 0 Å². The van der Waals surface area contributed by atoms with Crippen molar-refractivity contribution in [2.24, 2.45) is 10.9 Å². The van der Waals surface area contributed by atoms with Crippen molar-refractivity contribution in [3.8, 4) is 0 Å². The van der Waals surface area contributed by atoms with Gasteiger partial charge in [-0.25, -0.2) is 9.98 Å². The lowest BCUT2D eigenvalue weighted by Gasteiger charge is -2.34. The van der Waals surface area contributed by atoms with Crippen LogP contribution in [0.15, 0.2) is 40.8 Å². The van der Waals surface area contributed by atoms with Gasteiger partial charge in [0.1, 0.15) is 5.82 Å². The van der Waals surface area contributed by atoms with E-state index in [0.29, 0.717) is 12.5 Å². The summed E-state index contributed by atoms with van der Waals surface area (Å²) in [4.78, 5) is 15.7. The Morgan fingerprint density at radius 1 is 1.20 bits per heavy atom. The third-order valence-corrected chi connectivity index (χ3v) is 6.07. The molecule has 0 aliphatic carbocycles. The molecule has 166 valence electrons. The minimum atomic E-state index is 0. The second kappa shape index (κ2) is 13.1. The lowest BCUT2D eigenvalue weighted by molar-refractivity contribution is 0.312. The highest BCUT2D eigenvalue weighted by molar-refractivity contribution is 14.0. The maximum absolute atomic E-state index is 4.84. The number of hydrogen-bond donors (Lipinski definition) is 2. The third kappa shape index (κ3) is 7.70. The molecule has 0 bridgehead atoms. The van der Waals surface area contributed by atoms with Gasteiger partial charge >= 0.3 is 0 Å². The fourth-order valence-corrected chi connectivity index (χ4v) is 4.35. The lowest BCUT2D eigenvalue weighted by atomic mass is 10.1. The zero-order chi connectivity index (χ0) is 20.5. The molecular weight excluding hydrogens is 507 g/mol. The third-order valence-electron chi connectivity index (χ3n) is 5.17. The molecule has 6 nitrogen and oxygen atoms in total. The van der Waals surface area contributed by atoms with E-state index in [9.17, 15) is 0 Å². The summed E-state index contributed by atoms with van der Waals surface area (Å²) in [5, 5.41) is 9.03. The molecular formula is C22H35IN6S. The van der Waals surface area contributed by atoms with Crippen LogP contribution in [0.2, 0.25) is 0 Å². The van der Waals surface area contributed by atoms with Gasteiger partial charge in [0.05, 0.1) is 6.54 Å². The Kier molecular flexibility index (Phi) is 10.9. The molecule has 1 atom stereocenters. The first-order valence-corrected chi connectivity index (χ1v) is 11.5. The summed E-state index contributed by atoms with van der Waals surface area (Å²) in [5.41, 5.74) is 1.18. The average Bonchev–Trinajstić information content (AvgIpc) is 3.24. The Morgan fingerprint density at radius 3 is 2.70 bits per heavy atom. The number of pyridine rings is 1. The van der Waals surface area contributed by atoms with Crippen LogP contribution in [0.5, 0.6) is 0 Å². The largest absolute Gasteiger partial charge is 0.357 e. The number of piperazine rings is 1. The van der Waals surface area contributed by atoms with Gasteiger partial charge in [0.2, 0.25) is 0 Å². The van der Waals surface area contributed by atoms with Crippen molar-refractivity contribution in [2.45, 2.75) is 26.8 Å². The number of nitrogens with one attached hydrogen (secondary N) is 2. The first kappa shape index (κ1) is 24.9. The van der Waals surface area contributed by atoms with Crippen molar-refractivity contribution in [3.05, 3.63) is 46.3 Å². The molecule has 1 unspecified atom stereocenters. The predicted octanol–water partition coefficient (Wildman–Crippen LogP) is 3.45. The molecule has 8 heteroatoms. The predicted molar refractivity (Wildman–Crippen MR) is 139 cm³/mol. The molecule has 1 fully saturated rings. The molecule has 1 saturated heterocycles. The van der Waals surface area contributed by atoms with E-state index >= 15 is 0 Å². The van der Waals surface area contributed by atoms with Crippen LogP contribution in [0.25, 0.3) is 0 Å². The van der Waals surface area contributed by atoms with Crippen LogP contribution in [-0.2, 0) is 13.0 Å². The van der Waals surface area contributed by atoms with Crippen LogP contribution in [0.1, 0.15) is 24.3 Å². The lowest BCUT2D eigenvalue weighted by Crippen LogP contribution is -2.45. The fraction of sp³-hybridized carbons (Fsp3) is 0.545. The van der Waals surface area contributed by atoms with Crippen molar-refractivity contribution in [2.75, 3.05) is 51.2 Å². The van der Waals surface area contributed by atoms with Crippen molar-refractivity contribution in [1.82, 2.24) is 20.5 Å². The summed E-state index contributed by atoms with van der Waals surface area (Å²) in [6.45, 7) is 11.0. The molecule has 2 aromatic rings. The van der Waals surface area contributed by atoms with Crippen LogP contribution < -0.4 is 15.5 Å². The molecule has 0 spiro atoms. The molecule has 30 heavy (non-hydrogen) atoms. The summed E-state index contributed by atoms with van der Waals surface area (Å²) in [5.74, 6) is 2.50. The Labute approximate surface area is 202 Å². The van der Waals surface area contributed by atoms with Crippen molar-refractivity contribution < 1.29 is 0 Å². The number of guanidine groups is 1. The molecule has 3 heterocycles. The van der Waals surface area contributed by atoms with Gasteiger partial charge in [-0.05, 0) is 43.8 Å². The molecule has 2 aromatic heterocycles. The van der Waals surface area contributed by atoms with Crippen molar-refractivity contribution >= 4 is 47.1 Å². The zero-order valence-corrected chi connectivity index (χ0v) is 21.5. The summed E-state index contributed by atoms with van der Waals surface area (Å²) in [6, 6.07) is 8.49. The quantitative estimate of drug-likeness (QED) is 0.304. The monoisotopic (exact) mass is 542 g/mol. The number of rotatable bonds is 8. The molecule has 3 rings (SSSR count).